The van der Waals surface area contributed by atoms with Crippen LogP contribution in [0.2, 0.25) is 0 Å². The summed E-state index contributed by atoms with van der Waals surface area (Å²) in [7, 11) is 3.88. The van der Waals surface area contributed by atoms with E-state index in [0.29, 0.717) is 5.92 Å². The molecule has 3 aromatic rings. The monoisotopic (exact) mass is 493 g/mol. The van der Waals surface area contributed by atoms with Gasteiger partial charge in [0, 0.05) is 44.8 Å². The Morgan fingerprint density at radius 1 is 1.03 bits per heavy atom. The summed E-state index contributed by atoms with van der Waals surface area (Å²) >= 11 is 0. The second kappa shape index (κ2) is 11.9. The number of benzene rings is 2. The van der Waals surface area contributed by atoms with Crippen molar-refractivity contribution in [1.29, 1.82) is 0 Å². The Bertz CT molecular complexity index is 1120. The molecule has 0 spiro atoms. The smallest absolute Gasteiger partial charge is 0.137 e. The molecule has 0 radical (unpaired) electrons. The molecule has 0 N–H and O–H groups in total. The van der Waals surface area contributed by atoms with E-state index in [2.05, 4.69) is 60.7 Å². The van der Waals surface area contributed by atoms with E-state index in [9.17, 15) is 4.39 Å². The van der Waals surface area contributed by atoms with Crippen LogP contribution >= 0.6 is 0 Å². The number of likely N-dealkylation sites (N-methyl/N-ethyl adjacent to an activating group) is 1. The van der Waals surface area contributed by atoms with Crippen molar-refractivity contribution >= 4 is 5.82 Å². The molecule has 194 valence electrons. The molecule has 0 unspecified atom stereocenters. The van der Waals surface area contributed by atoms with Gasteiger partial charge in [0.2, 0.25) is 0 Å². The van der Waals surface area contributed by atoms with Crippen molar-refractivity contribution < 1.29 is 9.13 Å². The highest BCUT2D eigenvalue weighted by Gasteiger charge is 2.26. The average molecular weight is 494 g/mol. The SMILES string of the molecule is COc1cccc(CN(CCC(C)C)Cc2c(C)nn(-c3ccc(F)cc3)c2N2CCN(C)CC2)c1. The number of hydrogen-bond donors (Lipinski definition) is 0. The maximum Gasteiger partial charge on any atom is 0.137 e. The highest BCUT2D eigenvalue weighted by atomic mass is 19.1. The van der Waals surface area contributed by atoms with Crippen LogP contribution in [0.15, 0.2) is 48.5 Å². The number of halogens is 1. The van der Waals surface area contributed by atoms with Gasteiger partial charge in [-0.15, -0.1) is 0 Å². The van der Waals surface area contributed by atoms with Crippen LogP contribution in [0.5, 0.6) is 5.75 Å². The third-order valence-electron chi connectivity index (χ3n) is 6.98. The molecule has 0 atom stereocenters. The Kier molecular flexibility index (Phi) is 8.64. The molecular weight excluding hydrogens is 453 g/mol. The molecule has 0 bridgehead atoms. The van der Waals surface area contributed by atoms with Crippen LogP contribution in [-0.2, 0) is 13.1 Å². The summed E-state index contributed by atoms with van der Waals surface area (Å²) in [6, 6.07) is 15.0. The van der Waals surface area contributed by atoms with Crippen molar-refractivity contribution in [2.24, 2.45) is 5.92 Å². The molecule has 0 saturated carbocycles. The van der Waals surface area contributed by atoms with Gasteiger partial charge >= 0.3 is 0 Å². The van der Waals surface area contributed by atoms with E-state index in [-0.39, 0.29) is 5.82 Å². The van der Waals surface area contributed by atoms with Crippen LogP contribution in [0.3, 0.4) is 0 Å². The van der Waals surface area contributed by atoms with Gasteiger partial charge in [-0.05, 0) is 74.8 Å². The lowest BCUT2D eigenvalue weighted by molar-refractivity contribution is 0.240. The second-order valence-electron chi connectivity index (χ2n) is 10.3. The van der Waals surface area contributed by atoms with Crippen molar-refractivity contribution in [2.75, 3.05) is 51.8 Å². The maximum absolute atomic E-state index is 13.7. The molecule has 1 aliphatic heterocycles. The standard InChI is InChI=1S/C29H40FN5O/c1-22(2)13-14-33(20-24-7-6-8-27(19-24)36-5)21-28-23(3)31-35(26-11-9-25(30)10-12-26)29(28)34-17-15-32(4)16-18-34/h6-12,19,22H,13-18,20-21H2,1-5H3. The van der Waals surface area contributed by atoms with Crippen molar-refractivity contribution in [3.05, 3.63) is 71.2 Å². The van der Waals surface area contributed by atoms with Gasteiger partial charge in [-0.2, -0.15) is 5.10 Å². The Balaban J connectivity index is 1.70. The number of hydrogen-bond acceptors (Lipinski definition) is 5. The summed E-state index contributed by atoms with van der Waals surface area (Å²) < 4.78 is 21.2. The summed E-state index contributed by atoms with van der Waals surface area (Å²) in [6.07, 6.45) is 1.12. The number of piperazine rings is 1. The summed E-state index contributed by atoms with van der Waals surface area (Å²) in [5.74, 6) is 2.40. The summed E-state index contributed by atoms with van der Waals surface area (Å²) in [5, 5.41) is 4.98. The van der Waals surface area contributed by atoms with Crippen LogP contribution in [0.1, 0.15) is 37.1 Å². The van der Waals surface area contributed by atoms with E-state index in [1.807, 2.05) is 22.9 Å². The van der Waals surface area contributed by atoms with Crippen molar-refractivity contribution in [3.63, 3.8) is 0 Å². The molecule has 1 saturated heterocycles. The van der Waals surface area contributed by atoms with Gasteiger partial charge < -0.3 is 14.5 Å². The number of nitrogens with zero attached hydrogens (tertiary/aromatic N) is 5. The normalized spacial score (nSPS) is 14.7. The number of ether oxygens (including phenoxy) is 1. The van der Waals surface area contributed by atoms with E-state index < -0.39 is 0 Å². The predicted molar refractivity (Wildman–Crippen MR) is 145 cm³/mol. The van der Waals surface area contributed by atoms with E-state index in [1.165, 1.54) is 23.3 Å². The van der Waals surface area contributed by atoms with Gasteiger partial charge in [0.25, 0.3) is 0 Å². The molecule has 2 aromatic carbocycles. The largest absolute Gasteiger partial charge is 0.497 e. The Labute approximate surface area is 215 Å². The highest BCUT2D eigenvalue weighted by molar-refractivity contribution is 5.56. The molecule has 1 fully saturated rings. The summed E-state index contributed by atoms with van der Waals surface area (Å²) in [4.78, 5) is 7.33. The van der Waals surface area contributed by atoms with Crippen molar-refractivity contribution in [3.8, 4) is 11.4 Å². The second-order valence-corrected chi connectivity index (χ2v) is 10.3. The maximum atomic E-state index is 13.7. The molecule has 1 aliphatic rings. The molecule has 6 nitrogen and oxygen atoms in total. The van der Waals surface area contributed by atoms with E-state index in [4.69, 9.17) is 9.84 Å². The Hall–Kier alpha value is -2.90. The van der Waals surface area contributed by atoms with Crippen LogP contribution in [0.4, 0.5) is 10.2 Å². The minimum atomic E-state index is -0.234. The molecular formula is C29H40FN5O. The zero-order valence-corrected chi connectivity index (χ0v) is 22.4. The number of rotatable bonds is 10. The number of methoxy groups -OCH3 is 1. The quantitative estimate of drug-likeness (QED) is 0.391. The van der Waals surface area contributed by atoms with E-state index in [0.717, 1.165) is 75.2 Å². The molecule has 36 heavy (non-hydrogen) atoms. The number of aromatic nitrogens is 2. The van der Waals surface area contributed by atoms with Crippen molar-refractivity contribution in [1.82, 2.24) is 19.6 Å². The fourth-order valence-electron chi connectivity index (χ4n) is 4.75. The average Bonchev–Trinajstić information content (AvgIpc) is 3.19. The van der Waals surface area contributed by atoms with Gasteiger partial charge in [-0.1, -0.05) is 26.0 Å². The van der Waals surface area contributed by atoms with E-state index >= 15 is 0 Å². The van der Waals surface area contributed by atoms with Crippen molar-refractivity contribution in [2.45, 2.75) is 40.3 Å². The predicted octanol–water partition coefficient (Wildman–Crippen LogP) is 5.13. The molecule has 2 heterocycles. The molecule has 1 aromatic heterocycles. The van der Waals surface area contributed by atoms with Gasteiger partial charge in [0.1, 0.15) is 17.4 Å². The van der Waals surface area contributed by atoms with Crippen LogP contribution in [0, 0.1) is 18.7 Å². The molecule has 0 aliphatic carbocycles. The van der Waals surface area contributed by atoms with E-state index in [1.54, 1.807) is 7.11 Å². The molecule has 4 rings (SSSR count). The summed E-state index contributed by atoms with van der Waals surface area (Å²) in [5.41, 5.74) is 4.40. The third kappa shape index (κ3) is 6.45. The van der Waals surface area contributed by atoms with Gasteiger partial charge in [0.15, 0.2) is 0 Å². The zero-order valence-electron chi connectivity index (χ0n) is 22.4. The zero-order chi connectivity index (χ0) is 25.7. The minimum absolute atomic E-state index is 0.234. The summed E-state index contributed by atoms with van der Waals surface area (Å²) in [6.45, 7) is 13.2. The molecule has 7 heteroatoms. The topological polar surface area (TPSA) is 36.8 Å². The first-order valence-electron chi connectivity index (χ1n) is 13.0. The minimum Gasteiger partial charge on any atom is -0.497 e. The number of aryl methyl sites for hydroxylation is 1. The van der Waals surface area contributed by atoms with Gasteiger partial charge in [0.05, 0.1) is 18.5 Å². The lowest BCUT2D eigenvalue weighted by Crippen LogP contribution is -2.45. The first kappa shape index (κ1) is 26.2. The van der Waals surface area contributed by atoms with Gasteiger partial charge in [-0.25, -0.2) is 9.07 Å². The molecule has 0 amide bonds. The lowest BCUT2D eigenvalue weighted by atomic mass is 10.1. The van der Waals surface area contributed by atoms with Gasteiger partial charge in [-0.3, -0.25) is 4.90 Å². The first-order chi connectivity index (χ1) is 17.3. The van der Waals surface area contributed by atoms with Crippen LogP contribution in [0.25, 0.3) is 5.69 Å². The Morgan fingerprint density at radius 2 is 1.75 bits per heavy atom. The lowest BCUT2D eigenvalue weighted by Gasteiger charge is -2.35. The number of anilines is 1. The fourth-order valence-corrected chi connectivity index (χ4v) is 4.75. The van der Waals surface area contributed by atoms with Crippen LogP contribution < -0.4 is 9.64 Å². The Morgan fingerprint density at radius 3 is 2.42 bits per heavy atom. The fraction of sp³-hybridized carbons (Fsp3) is 0.483. The highest BCUT2D eigenvalue weighted by Crippen LogP contribution is 2.30. The first-order valence-corrected chi connectivity index (χ1v) is 13.0. The third-order valence-corrected chi connectivity index (χ3v) is 6.98. The van der Waals surface area contributed by atoms with Crippen LogP contribution in [-0.4, -0.2) is 66.5 Å².